The third kappa shape index (κ3) is 5.04. The first-order valence-corrected chi connectivity index (χ1v) is 9.70. The molecule has 2 aliphatic heterocycles. The Morgan fingerprint density at radius 2 is 2.23 bits per heavy atom. The fraction of sp³-hybridized carbons (Fsp3) is 0.667. The Kier molecular flexibility index (Phi) is 6.30. The van der Waals surface area contributed by atoms with Crippen LogP contribution in [0.2, 0.25) is 0 Å². The summed E-state index contributed by atoms with van der Waals surface area (Å²) in [5, 5.41) is 0. The maximum atomic E-state index is 13.1. The van der Waals surface area contributed by atoms with Crippen molar-refractivity contribution >= 4 is 5.91 Å². The topological polar surface area (TPSA) is 38.8 Å². The molecule has 1 spiro atoms. The molecule has 1 aromatic rings. The van der Waals surface area contributed by atoms with E-state index in [4.69, 9.17) is 9.47 Å². The fourth-order valence-electron chi connectivity index (χ4n) is 3.81. The second-order valence-electron chi connectivity index (χ2n) is 8.22. The number of benzene rings is 1. The molecular formula is C21H30FNO3. The van der Waals surface area contributed by atoms with Crippen LogP contribution in [-0.2, 0) is 20.9 Å². The average Bonchev–Trinajstić information content (AvgIpc) is 3.00. The lowest BCUT2D eigenvalue weighted by Gasteiger charge is -2.47. The molecular weight excluding hydrogens is 333 g/mol. The molecule has 5 heteroatoms. The Hall–Kier alpha value is -1.46. The number of nitrogens with zero attached hydrogens (tertiary/aromatic N) is 1. The van der Waals surface area contributed by atoms with E-state index in [1.165, 1.54) is 12.1 Å². The van der Waals surface area contributed by atoms with E-state index < -0.39 is 0 Å². The molecule has 1 aromatic carbocycles. The van der Waals surface area contributed by atoms with Crippen molar-refractivity contribution in [2.45, 2.75) is 51.7 Å². The van der Waals surface area contributed by atoms with Gasteiger partial charge in [0.2, 0.25) is 5.91 Å². The summed E-state index contributed by atoms with van der Waals surface area (Å²) in [4.78, 5) is 14.1. The number of carbonyl (C=O) groups excluding carboxylic acids is 1. The molecule has 0 radical (unpaired) electrons. The van der Waals surface area contributed by atoms with Crippen LogP contribution in [0.4, 0.5) is 4.39 Å². The summed E-state index contributed by atoms with van der Waals surface area (Å²) in [6.45, 7) is 7.61. The van der Waals surface area contributed by atoms with Crippen molar-refractivity contribution < 1.29 is 18.7 Å². The molecule has 4 nitrogen and oxygen atoms in total. The fourth-order valence-corrected chi connectivity index (χ4v) is 3.81. The maximum Gasteiger partial charge on any atom is 0.222 e. The Labute approximate surface area is 155 Å². The van der Waals surface area contributed by atoms with E-state index in [-0.39, 0.29) is 17.3 Å². The summed E-state index contributed by atoms with van der Waals surface area (Å²) >= 11 is 0. The van der Waals surface area contributed by atoms with E-state index in [9.17, 15) is 9.18 Å². The van der Waals surface area contributed by atoms with E-state index in [1.54, 1.807) is 6.07 Å². The van der Waals surface area contributed by atoms with Gasteiger partial charge in [-0.05, 0) is 48.8 Å². The van der Waals surface area contributed by atoms with Crippen molar-refractivity contribution in [3.05, 3.63) is 35.6 Å². The van der Waals surface area contributed by atoms with Crippen LogP contribution < -0.4 is 0 Å². The van der Waals surface area contributed by atoms with Crippen LogP contribution in [0.5, 0.6) is 0 Å². The van der Waals surface area contributed by atoms with E-state index in [2.05, 4.69) is 13.8 Å². The van der Waals surface area contributed by atoms with Crippen LogP contribution >= 0.6 is 0 Å². The molecule has 0 saturated carbocycles. The van der Waals surface area contributed by atoms with Gasteiger partial charge in [-0.25, -0.2) is 4.39 Å². The lowest BCUT2D eigenvalue weighted by molar-refractivity contribution is -0.158. The van der Waals surface area contributed by atoms with Crippen LogP contribution in [0.25, 0.3) is 0 Å². The van der Waals surface area contributed by atoms with Crippen LogP contribution in [-0.4, -0.2) is 42.7 Å². The number of likely N-dealkylation sites (tertiary alicyclic amines) is 1. The highest BCUT2D eigenvalue weighted by molar-refractivity contribution is 5.77. The van der Waals surface area contributed by atoms with Gasteiger partial charge in [0.25, 0.3) is 0 Å². The predicted octanol–water partition coefficient (Wildman–Crippen LogP) is 3.79. The van der Waals surface area contributed by atoms with Gasteiger partial charge in [-0.15, -0.1) is 0 Å². The molecule has 2 saturated heterocycles. The van der Waals surface area contributed by atoms with E-state index in [0.717, 1.165) is 44.5 Å². The maximum absolute atomic E-state index is 13.1. The summed E-state index contributed by atoms with van der Waals surface area (Å²) in [5.74, 6) is 1.08. The first-order chi connectivity index (χ1) is 12.5. The van der Waals surface area contributed by atoms with Gasteiger partial charge in [-0.3, -0.25) is 4.79 Å². The van der Waals surface area contributed by atoms with Crippen molar-refractivity contribution in [2.24, 2.45) is 11.8 Å². The molecule has 2 heterocycles. The number of carbonyl (C=O) groups is 1. The Balaban J connectivity index is 1.32. The lowest BCUT2D eigenvalue weighted by atomic mass is 9.85. The van der Waals surface area contributed by atoms with Gasteiger partial charge in [0.05, 0.1) is 26.3 Å². The number of hydrogen-bond acceptors (Lipinski definition) is 3. The Morgan fingerprint density at radius 3 is 2.96 bits per heavy atom. The van der Waals surface area contributed by atoms with Gasteiger partial charge in [-0.2, -0.15) is 0 Å². The van der Waals surface area contributed by atoms with E-state index in [1.807, 2.05) is 11.0 Å². The minimum Gasteiger partial charge on any atom is -0.377 e. The van der Waals surface area contributed by atoms with Crippen molar-refractivity contribution in [3.8, 4) is 0 Å². The van der Waals surface area contributed by atoms with E-state index >= 15 is 0 Å². The first-order valence-electron chi connectivity index (χ1n) is 9.70. The number of rotatable bonds is 8. The zero-order chi connectivity index (χ0) is 18.6. The Bertz CT molecular complexity index is 613. The zero-order valence-electron chi connectivity index (χ0n) is 15.9. The molecule has 0 N–H and O–H groups in total. The van der Waals surface area contributed by atoms with Gasteiger partial charge in [0.15, 0.2) is 0 Å². The summed E-state index contributed by atoms with van der Waals surface area (Å²) < 4.78 is 24.8. The molecule has 2 aliphatic rings. The summed E-state index contributed by atoms with van der Waals surface area (Å²) in [6.07, 6.45) is 3.54. The summed E-state index contributed by atoms with van der Waals surface area (Å²) in [5.41, 5.74) is 0.749. The predicted molar refractivity (Wildman–Crippen MR) is 98.1 cm³/mol. The summed E-state index contributed by atoms with van der Waals surface area (Å²) in [7, 11) is 0. The van der Waals surface area contributed by atoms with Gasteiger partial charge >= 0.3 is 0 Å². The SMILES string of the molecule is CC(C)CCC(=O)N1CC2(CC(CCOCc3cccc(F)c3)CO2)C1. The second-order valence-corrected chi connectivity index (χ2v) is 8.22. The van der Waals surface area contributed by atoms with Crippen LogP contribution in [0.3, 0.4) is 0 Å². The van der Waals surface area contributed by atoms with Crippen molar-refractivity contribution in [1.82, 2.24) is 4.90 Å². The molecule has 1 amide bonds. The molecule has 1 unspecified atom stereocenters. The highest BCUT2D eigenvalue weighted by atomic mass is 19.1. The van der Waals surface area contributed by atoms with Crippen molar-refractivity contribution in [3.63, 3.8) is 0 Å². The number of amides is 1. The van der Waals surface area contributed by atoms with Gasteiger partial charge in [-0.1, -0.05) is 26.0 Å². The average molecular weight is 363 g/mol. The van der Waals surface area contributed by atoms with Gasteiger partial charge in [0, 0.05) is 13.0 Å². The van der Waals surface area contributed by atoms with Gasteiger partial charge in [0.1, 0.15) is 11.4 Å². The van der Waals surface area contributed by atoms with Crippen LogP contribution in [0, 0.1) is 17.7 Å². The largest absolute Gasteiger partial charge is 0.377 e. The molecule has 0 aliphatic carbocycles. The number of hydrogen-bond donors (Lipinski definition) is 0. The number of ether oxygens (including phenoxy) is 2. The molecule has 3 rings (SSSR count). The standard InChI is InChI=1S/C21H30FNO3/c1-16(2)6-7-20(24)23-14-21(15-23)11-18(13-26-21)8-9-25-12-17-4-3-5-19(22)10-17/h3-5,10,16,18H,6-9,11-15H2,1-2H3. The van der Waals surface area contributed by atoms with Crippen molar-refractivity contribution in [2.75, 3.05) is 26.3 Å². The molecule has 2 fully saturated rings. The quantitative estimate of drug-likeness (QED) is 0.660. The van der Waals surface area contributed by atoms with Gasteiger partial charge < -0.3 is 14.4 Å². The lowest BCUT2D eigenvalue weighted by Crippen LogP contribution is -2.63. The third-order valence-corrected chi connectivity index (χ3v) is 5.36. The highest BCUT2D eigenvalue weighted by Gasteiger charge is 2.50. The molecule has 1 atom stereocenters. The number of halogens is 1. The summed E-state index contributed by atoms with van der Waals surface area (Å²) in [6, 6.07) is 6.52. The first kappa shape index (κ1) is 19.3. The third-order valence-electron chi connectivity index (χ3n) is 5.36. The normalized spacial score (nSPS) is 21.4. The monoisotopic (exact) mass is 363 g/mol. The van der Waals surface area contributed by atoms with Crippen LogP contribution in [0.1, 0.15) is 45.1 Å². The minimum atomic E-state index is -0.227. The molecule has 0 aromatic heterocycles. The molecule has 0 bridgehead atoms. The molecule has 144 valence electrons. The second kappa shape index (κ2) is 8.49. The van der Waals surface area contributed by atoms with E-state index in [0.29, 0.717) is 31.5 Å². The minimum absolute atomic E-state index is 0.110. The zero-order valence-corrected chi connectivity index (χ0v) is 15.9. The highest BCUT2D eigenvalue weighted by Crippen LogP contribution is 2.39. The Morgan fingerprint density at radius 1 is 1.42 bits per heavy atom. The van der Waals surface area contributed by atoms with Crippen molar-refractivity contribution in [1.29, 1.82) is 0 Å². The molecule has 26 heavy (non-hydrogen) atoms. The smallest absolute Gasteiger partial charge is 0.222 e. The van der Waals surface area contributed by atoms with Crippen LogP contribution in [0.15, 0.2) is 24.3 Å².